The molecule has 4 aromatic rings. The maximum atomic E-state index is 15.0. The van der Waals surface area contributed by atoms with E-state index in [1.54, 1.807) is 42.5 Å². The van der Waals surface area contributed by atoms with E-state index >= 15 is 4.79 Å². The van der Waals surface area contributed by atoms with Crippen molar-refractivity contribution < 1.29 is 19.1 Å². The van der Waals surface area contributed by atoms with Crippen molar-refractivity contribution in [3.63, 3.8) is 0 Å². The largest absolute Gasteiger partial charge is 0.493 e. The lowest BCUT2D eigenvalue weighted by atomic mass is 9.62. The molecule has 42 heavy (non-hydrogen) atoms. The van der Waals surface area contributed by atoms with Crippen LogP contribution in [0.1, 0.15) is 50.4 Å². The molecule has 3 aliphatic heterocycles. The van der Waals surface area contributed by atoms with Crippen LogP contribution < -0.4 is 10.1 Å². The Morgan fingerprint density at radius 1 is 0.905 bits per heavy atom. The van der Waals surface area contributed by atoms with Crippen molar-refractivity contribution in [2.24, 2.45) is 5.92 Å². The fourth-order valence-corrected chi connectivity index (χ4v) is 7.20. The number of anilines is 1. The number of Topliss-reactive ketones (excluding diaryl/α,β-unsaturated/α-hetero) is 2. The van der Waals surface area contributed by atoms with Gasteiger partial charge in [-0.15, -0.1) is 0 Å². The summed E-state index contributed by atoms with van der Waals surface area (Å²) in [7, 11) is 0. The Bertz CT molecular complexity index is 1780. The van der Waals surface area contributed by atoms with Gasteiger partial charge in [0.15, 0.2) is 11.6 Å². The summed E-state index contributed by atoms with van der Waals surface area (Å²) in [6.07, 6.45) is 3.81. The number of carbonyl (C=O) groups excluding carboxylic acids is 3. The Kier molecular flexibility index (Phi) is 6.24. The number of rotatable bonds is 6. The van der Waals surface area contributed by atoms with Gasteiger partial charge in [0.25, 0.3) is 0 Å². The first-order chi connectivity index (χ1) is 20.5. The molecule has 0 unspecified atom stereocenters. The molecule has 1 spiro atoms. The molecule has 7 rings (SSSR count). The summed E-state index contributed by atoms with van der Waals surface area (Å²) in [4.78, 5) is 46.1. The van der Waals surface area contributed by atoms with E-state index in [0.29, 0.717) is 39.8 Å². The minimum atomic E-state index is -1.40. The van der Waals surface area contributed by atoms with E-state index in [2.05, 4.69) is 5.32 Å². The highest BCUT2D eigenvalue weighted by Crippen LogP contribution is 2.62. The van der Waals surface area contributed by atoms with Crippen molar-refractivity contribution in [2.75, 3.05) is 11.9 Å². The van der Waals surface area contributed by atoms with Gasteiger partial charge in [-0.05, 0) is 72.2 Å². The number of ketones is 2. The third-order valence-corrected chi connectivity index (χ3v) is 8.95. The zero-order valence-corrected chi connectivity index (χ0v) is 23.5. The number of halogens is 1. The average molecular weight is 575 g/mol. The molecule has 0 aliphatic carbocycles. The van der Waals surface area contributed by atoms with Crippen LogP contribution in [0.3, 0.4) is 0 Å². The molecule has 1 amide bonds. The predicted octanol–water partition coefficient (Wildman–Crippen LogP) is 6.72. The first kappa shape index (κ1) is 26.2. The van der Waals surface area contributed by atoms with Crippen molar-refractivity contribution >= 4 is 40.8 Å². The maximum absolute atomic E-state index is 15.0. The molecule has 3 aliphatic rings. The second-order valence-corrected chi connectivity index (χ2v) is 11.2. The molecule has 0 radical (unpaired) electrons. The van der Waals surface area contributed by atoms with Crippen molar-refractivity contribution in [1.82, 2.24) is 4.90 Å². The lowest BCUT2D eigenvalue weighted by Crippen LogP contribution is -2.49. The Morgan fingerprint density at radius 3 is 2.43 bits per heavy atom. The van der Waals surface area contributed by atoms with Crippen LogP contribution in [-0.2, 0) is 10.2 Å². The first-order valence-electron chi connectivity index (χ1n) is 14.0. The van der Waals surface area contributed by atoms with E-state index in [1.165, 1.54) is 0 Å². The van der Waals surface area contributed by atoms with Gasteiger partial charge in [-0.1, -0.05) is 66.2 Å². The molecule has 1 fully saturated rings. The fourth-order valence-electron chi connectivity index (χ4n) is 7.07. The van der Waals surface area contributed by atoms with Crippen LogP contribution in [0.4, 0.5) is 5.69 Å². The fraction of sp³-hybridized carbons (Fsp3) is 0.171. The van der Waals surface area contributed by atoms with Crippen LogP contribution >= 0.6 is 11.6 Å². The Labute approximate surface area is 248 Å². The van der Waals surface area contributed by atoms with E-state index < -0.39 is 23.4 Å². The topological polar surface area (TPSA) is 75.7 Å². The van der Waals surface area contributed by atoms with Crippen LogP contribution in [0.5, 0.6) is 5.75 Å². The second-order valence-electron chi connectivity index (χ2n) is 10.8. The SMILES string of the molecule is CCOc1ccccc1C(=O)[C@@H]1[C@@H](C(=O)c2ccc(Cl)cc2)N2C=Cc3ccccc3[C@@H]2[C@]12C(=O)Nc1ccccc12. The van der Waals surface area contributed by atoms with Gasteiger partial charge in [-0.2, -0.15) is 0 Å². The van der Waals surface area contributed by atoms with Gasteiger partial charge in [-0.25, -0.2) is 0 Å². The van der Waals surface area contributed by atoms with Gasteiger partial charge < -0.3 is 15.0 Å². The molecule has 208 valence electrons. The number of hydrogen-bond acceptors (Lipinski definition) is 5. The monoisotopic (exact) mass is 574 g/mol. The lowest BCUT2D eigenvalue weighted by Gasteiger charge is -2.38. The summed E-state index contributed by atoms with van der Waals surface area (Å²) in [5, 5.41) is 3.58. The van der Waals surface area contributed by atoms with Crippen LogP contribution in [0.15, 0.2) is 103 Å². The number of fused-ring (bicyclic) bond motifs is 6. The highest BCUT2D eigenvalue weighted by molar-refractivity contribution is 6.30. The number of benzene rings is 4. The van der Waals surface area contributed by atoms with Gasteiger partial charge in [0.05, 0.1) is 24.1 Å². The lowest BCUT2D eigenvalue weighted by molar-refractivity contribution is -0.122. The summed E-state index contributed by atoms with van der Waals surface area (Å²) >= 11 is 6.17. The molecule has 6 nitrogen and oxygen atoms in total. The molecule has 7 heteroatoms. The Morgan fingerprint density at radius 2 is 1.62 bits per heavy atom. The van der Waals surface area contributed by atoms with E-state index in [-0.39, 0.29) is 17.5 Å². The molecule has 0 bridgehead atoms. The minimum absolute atomic E-state index is 0.262. The molecular weight excluding hydrogens is 548 g/mol. The van der Waals surface area contributed by atoms with Crippen molar-refractivity contribution in [1.29, 1.82) is 0 Å². The van der Waals surface area contributed by atoms with Gasteiger partial charge >= 0.3 is 0 Å². The molecule has 0 aromatic heterocycles. The van der Waals surface area contributed by atoms with Gasteiger partial charge in [0.2, 0.25) is 5.91 Å². The summed E-state index contributed by atoms with van der Waals surface area (Å²) in [6, 6.07) is 27.4. The number of para-hydroxylation sites is 2. The minimum Gasteiger partial charge on any atom is -0.493 e. The van der Waals surface area contributed by atoms with Crippen LogP contribution in [0.25, 0.3) is 6.08 Å². The summed E-state index contributed by atoms with van der Waals surface area (Å²) in [6.45, 7) is 2.22. The number of hydrogen-bond donors (Lipinski definition) is 1. The van der Waals surface area contributed by atoms with Crippen molar-refractivity contribution in [2.45, 2.75) is 24.4 Å². The summed E-state index contributed by atoms with van der Waals surface area (Å²) in [5.41, 5.74) is 2.52. The second kappa shape index (κ2) is 10.00. The third-order valence-electron chi connectivity index (χ3n) is 8.70. The molecule has 4 aromatic carbocycles. The molecule has 0 saturated carbocycles. The van der Waals surface area contributed by atoms with Gasteiger partial charge in [0.1, 0.15) is 17.2 Å². The first-order valence-corrected chi connectivity index (χ1v) is 14.4. The number of nitrogens with zero attached hydrogens (tertiary/aromatic N) is 1. The van der Waals surface area contributed by atoms with Crippen molar-refractivity contribution in [3.8, 4) is 5.75 Å². The average Bonchev–Trinajstić information content (AvgIpc) is 3.49. The molecule has 1 saturated heterocycles. The van der Waals surface area contributed by atoms with E-state index in [1.807, 2.05) is 78.7 Å². The molecule has 4 atom stereocenters. The quantitative estimate of drug-likeness (QED) is 0.259. The van der Waals surface area contributed by atoms with Gasteiger partial charge in [0, 0.05) is 22.5 Å². The summed E-state index contributed by atoms with van der Waals surface area (Å²) < 4.78 is 5.88. The molecule has 1 N–H and O–H groups in total. The van der Waals surface area contributed by atoms with Crippen LogP contribution in [0.2, 0.25) is 5.02 Å². The smallest absolute Gasteiger partial charge is 0.238 e. The number of ether oxygens (including phenoxy) is 1. The van der Waals surface area contributed by atoms with Gasteiger partial charge in [-0.3, -0.25) is 14.4 Å². The molecular formula is C35H27ClN2O4. The third kappa shape index (κ3) is 3.68. The van der Waals surface area contributed by atoms with E-state index in [9.17, 15) is 9.59 Å². The number of nitrogens with one attached hydrogen (secondary N) is 1. The van der Waals surface area contributed by atoms with E-state index in [4.69, 9.17) is 16.3 Å². The number of carbonyl (C=O) groups is 3. The Hall–Kier alpha value is -4.68. The zero-order valence-electron chi connectivity index (χ0n) is 22.8. The highest BCUT2D eigenvalue weighted by atomic mass is 35.5. The predicted molar refractivity (Wildman–Crippen MR) is 162 cm³/mol. The maximum Gasteiger partial charge on any atom is 0.238 e. The summed E-state index contributed by atoms with van der Waals surface area (Å²) in [5.74, 6) is -1.54. The highest BCUT2D eigenvalue weighted by Gasteiger charge is 2.70. The van der Waals surface area contributed by atoms with Crippen LogP contribution in [-0.4, -0.2) is 35.0 Å². The molecule has 3 heterocycles. The van der Waals surface area contributed by atoms with Crippen molar-refractivity contribution in [3.05, 3.63) is 136 Å². The zero-order chi connectivity index (χ0) is 29.0. The standard InChI is InChI=1S/C35H27ClN2O4/c1-2-42-28-14-8-5-11-25(28)32(40)29-30(31(39)22-15-17-23(36)18-16-22)38-20-19-21-9-3-4-10-24(21)33(38)35(29)26-12-6-7-13-27(26)37-34(35)41/h3-20,29-30,33H,2H2,1H3,(H,37,41)/t29-,30-,33+,35+/m0/s1. The number of amides is 1. The normalized spacial score (nSPS) is 23.2. The van der Waals surface area contributed by atoms with E-state index in [0.717, 1.165) is 11.1 Å². The Balaban J connectivity index is 1.54. The van der Waals surface area contributed by atoms with Crippen LogP contribution in [0, 0.1) is 5.92 Å².